The van der Waals surface area contributed by atoms with Crippen LogP contribution >= 0.6 is 0 Å². The number of carbonyl (C=O) groups is 1. The van der Waals surface area contributed by atoms with Gasteiger partial charge in [0.25, 0.3) is 0 Å². The van der Waals surface area contributed by atoms with Crippen molar-refractivity contribution in [2.45, 2.75) is 53.0 Å². The molecule has 2 heteroatoms. The average Bonchev–Trinajstić information content (AvgIpc) is 2.22. The number of nitrogens with two attached hydrogens (primary N) is 1. The van der Waals surface area contributed by atoms with E-state index in [2.05, 4.69) is 26.5 Å². The van der Waals surface area contributed by atoms with Gasteiger partial charge in [0.05, 0.1) is 0 Å². The fourth-order valence-corrected chi connectivity index (χ4v) is 1.89. The molecule has 0 spiro atoms. The lowest BCUT2D eigenvalue weighted by Crippen LogP contribution is -2.38. The molecule has 0 aromatic heterocycles. The number of allylic oxidation sites excluding steroid dienone is 4. The summed E-state index contributed by atoms with van der Waals surface area (Å²) in [6.07, 6.45) is 4.98. The number of hydrogen-bond acceptors (Lipinski definition) is 2. The molecule has 0 saturated heterocycles. The number of ketones is 1. The third-order valence-corrected chi connectivity index (χ3v) is 3.00. The highest BCUT2D eigenvalue weighted by atomic mass is 16.1. The van der Waals surface area contributed by atoms with Crippen LogP contribution in [-0.2, 0) is 4.79 Å². The highest BCUT2D eigenvalue weighted by molar-refractivity contribution is 5.76. The van der Waals surface area contributed by atoms with Gasteiger partial charge in [-0.15, -0.1) is 0 Å². The number of hydrogen-bond donors (Lipinski definition) is 1. The van der Waals surface area contributed by atoms with Gasteiger partial charge in [-0.1, -0.05) is 24.3 Å². The Labute approximate surface area is 105 Å². The fourth-order valence-electron chi connectivity index (χ4n) is 1.89. The van der Waals surface area contributed by atoms with Crippen LogP contribution in [0.25, 0.3) is 0 Å². The van der Waals surface area contributed by atoms with Crippen molar-refractivity contribution in [3.8, 4) is 0 Å². The molecule has 0 heterocycles. The molecule has 1 atom stereocenters. The third kappa shape index (κ3) is 5.64. The van der Waals surface area contributed by atoms with Crippen molar-refractivity contribution >= 4 is 5.78 Å². The lowest BCUT2D eigenvalue weighted by atomic mass is 9.86. The second-order valence-electron chi connectivity index (χ2n) is 5.04. The minimum Gasteiger partial charge on any atom is -0.325 e. The zero-order valence-corrected chi connectivity index (χ0v) is 11.8. The van der Waals surface area contributed by atoms with Crippen molar-refractivity contribution in [3.05, 3.63) is 35.5 Å². The molecule has 0 amide bonds. The number of rotatable bonds is 6. The van der Waals surface area contributed by atoms with Crippen molar-refractivity contribution in [2.24, 2.45) is 5.73 Å². The fraction of sp³-hybridized carbons (Fsp3) is 0.533. The van der Waals surface area contributed by atoms with E-state index >= 15 is 0 Å². The van der Waals surface area contributed by atoms with E-state index in [0.717, 1.165) is 5.57 Å². The molecule has 0 radical (unpaired) electrons. The SMILES string of the molecule is C=C/C(CC(C)(N)CC(C)=O)=C(C)\C(C)=C/C. The Hall–Kier alpha value is -1.15. The monoisotopic (exact) mass is 235 g/mol. The van der Waals surface area contributed by atoms with Crippen LogP contribution < -0.4 is 5.73 Å². The van der Waals surface area contributed by atoms with Crippen LogP contribution in [0.15, 0.2) is 35.5 Å². The highest BCUT2D eigenvalue weighted by Crippen LogP contribution is 2.24. The largest absolute Gasteiger partial charge is 0.325 e. The lowest BCUT2D eigenvalue weighted by Gasteiger charge is -2.25. The van der Waals surface area contributed by atoms with Crippen LogP contribution in [-0.4, -0.2) is 11.3 Å². The molecule has 96 valence electrons. The normalized spacial score (nSPS) is 17.2. The summed E-state index contributed by atoms with van der Waals surface area (Å²) in [5.41, 5.74) is 9.19. The molecule has 2 N–H and O–H groups in total. The third-order valence-electron chi connectivity index (χ3n) is 3.00. The molecule has 0 aliphatic carbocycles. The van der Waals surface area contributed by atoms with Gasteiger partial charge in [0.2, 0.25) is 0 Å². The second kappa shape index (κ2) is 6.55. The van der Waals surface area contributed by atoms with Crippen LogP contribution in [0, 0.1) is 0 Å². The van der Waals surface area contributed by atoms with Crippen molar-refractivity contribution in [1.29, 1.82) is 0 Å². The van der Waals surface area contributed by atoms with Gasteiger partial charge in [0, 0.05) is 12.0 Å². The molecule has 17 heavy (non-hydrogen) atoms. The Kier molecular flexibility index (Phi) is 6.11. The van der Waals surface area contributed by atoms with Crippen LogP contribution in [0.2, 0.25) is 0 Å². The van der Waals surface area contributed by atoms with E-state index in [4.69, 9.17) is 5.73 Å². The molecule has 0 rings (SSSR count). The summed E-state index contributed by atoms with van der Waals surface area (Å²) < 4.78 is 0. The van der Waals surface area contributed by atoms with Gasteiger partial charge in [0.1, 0.15) is 5.78 Å². The van der Waals surface area contributed by atoms with Gasteiger partial charge < -0.3 is 5.73 Å². The smallest absolute Gasteiger partial charge is 0.131 e. The summed E-state index contributed by atoms with van der Waals surface area (Å²) in [6.45, 7) is 13.5. The molecule has 0 aromatic carbocycles. The molecule has 2 nitrogen and oxygen atoms in total. The van der Waals surface area contributed by atoms with Gasteiger partial charge in [-0.25, -0.2) is 0 Å². The van der Waals surface area contributed by atoms with Crippen molar-refractivity contribution in [3.63, 3.8) is 0 Å². The van der Waals surface area contributed by atoms with Gasteiger partial charge >= 0.3 is 0 Å². The summed E-state index contributed by atoms with van der Waals surface area (Å²) in [7, 11) is 0. The number of Topliss-reactive ketones (excluding diaryl/α,β-unsaturated/α-hetero) is 1. The van der Waals surface area contributed by atoms with E-state index in [-0.39, 0.29) is 5.78 Å². The molecular weight excluding hydrogens is 210 g/mol. The molecular formula is C15H25NO. The lowest BCUT2D eigenvalue weighted by molar-refractivity contribution is -0.118. The van der Waals surface area contributed by atoms with Crippen LogP contribution in [0.3, 0.4) is 0 Å². The standard InChI is InChI=1S/C15H25NO/c1-7-11(3)13(5)14(8-2)10-15(6,16)9-12(4)17/h7-8H,2,9-10,16H2,1,3-6H3/b11-7-,14-13+. The Morgan fingerprint density at radius 3 is 2.18 bits per heavy atom. The van der Waals surface area contributed by atoms with Gasteiger partial charge in [-0.05, 0) is 52.2 Å². The summed E-state index contributed by atoms with van der Waals surface area (Å²) in [5.74, 6) is 0.124. The van der Waals surface area contributed by atoms with E-state index in [1.807, 2.05) is 19.9 Å². The molecule has 1 unspecified atom stereocenters. The Bertz CT molecular complexity index is 359. The van der Waals surface area contributed by atoms with Gasteiger partial charge in [-0.3, -0.25) is 4.79 Å². The molecule has 0 aliphatic heterocycles. The minimum atomic E-state index is -0.495. The summed E-state index contributed by atoms with van der Waals surface area (Å²) in [5, 5.41) is 0. The maximum Gasteiger partial charge on any atom is 0.131 e. The minimum absolute atomic E-state index is 0.124. The van der Waals surface area contributed by atoms with Crippen LogP contribution in [0.4, 0.5) is 0 Å². The first-order valence-corrected chi connectivity index (χ1v) is 5.97. The Morgan fingerprint density at radius 2 is 1.82 bits per heavy atom. The first-order valence-electron chi connectivity index (χ1n) is 5.97. The average molecular weight is 235 g/mol. The molecule has 0 saturated carbocycles. The van der Waals surface area contributed by atoms with E-state index < -0.39 is 5.54 Å². The van der Waals surface area contributed by atoms with E-state index in [9.17, 15) is 4.79 Å². The maximum atomic E-state index is 11.2. The maximum absolute atomic E-state index is 11.2. The van der Waals surface area contributed by atoms with Crippen molar-refractivity contribution in [2.75, 3.05) is 0 Å². The molecule has 0 bridgehead atoms. The molecule has 0 fully saturated rings. The molecule has 0 aliphatic rings. The van der Waals surface area contributed by atoms with E-state index in [0.29, 0.717) is 12.8 Å². The first kappa shape index (κ1) is 15.9. The van der Waals surface area contributed by atoms with Gasteiger partial charge in [0.15, 0.2) is 0 Å². The summed E-state index contributed by atoms with van der Waals surface area (Å²) in [6, 6.07) is 0. The quantitative estimate of drug-likeness (QED) is 0.715. The van der Waals surface area contributed by atoms with E-state index in [1.165, 1.54) is 11.1 Å². The Balaban J connectivity index is 5.06. The summed E-state index contributed by atoms with van der Waals surface area (Å²) >= 11 is 0. The predicted molar refractivity (Wildman–Crippen MR) is 74.8 cm³/mol. The zero-order valence-electron chi connectivity index (χ0n) is 11.8. The second-order valence-corrected chi connectivity index (χ2v) is 5.04. The predicted octanol–water partition coefficient (Wildman–Crippen LogP) is 3.54. The highest BCUT2D eigenvalue weighted by Gasteiger charge is 2.22. The van der Waals surface area contributed by atoms with Crippen molar-refractivity contribution in [1.82, 2.24) is 0 Å². The zero-order chi connectivity index (χ0) is 13.6. The van der Waals surface area contributed by atoms with Crippen LogP contribution in [0.1, 0.15) is 47.5 Å². The number of carbonyl (C=O) groups excluding carboxylic acids is 1. The first-order chi connectivity index (χ1) is 7.73. The Morgan fingerprint density at radius 1 is 1.29 bits per heavy atom. The van der Waals surface area contributed by atoms with Gasteiger partial charge in [-0.2, -0.15) is 0 Å². The van der Waals surface area contributed by atoms with Crippen molar-refractivity contribution < 1.29 is 4.79 Å². The molecule has 0 aromatic rings. The summed E-state index contributed by atoms with van der Waals surface area (Å²) in [4.78, 5) is 11.2. The van der Waals surface area contributed by atoms with E-state index in [1.54, 1.807) is 6.92 Å². The topological polar surface area (TPSA) is 43.1 Å². The van der Waals surface area contributed by atoms with Crippen LogP contribution in [0.5, 0.6) is 0 Å².